The molecule has 1 unspecified atom stereocenters. The molecule has 0 aliphatic rings. The van der Waals surface area contributed by atoms with Gasteiger partial charge in [0.15, 0.2) is 11.8 Å². The molecule has 0 fully saturated rings. The number of nitrogens with zero attached hydrogens (tertiary/aromatic N) is 3. The van der Waals surface area contributed by atoms with E-state index in [1.807, 2.05) is 48.5 Å². The van der Waals surface area contributed by atoms with Gasteiger partial charge in [-0.3, -0.25) is 10.1 Å². The summed E-state index contributed by atoms with van der Waals surface area (Å²) in [6, 6.07) is 27.2. The minimum atomic E-state index is -0.372. The van der Waals surface area contributed by atoms with Gasteiger partial charge >= 0.3 is 0 Å². The van der Waals surface area contributed by atoms with E-state index in [0.717, 1.165) is 40.1 Å². The van der Waals surface area contributed by atoms with E-state index >= 15 is 0 Å². The summed E-state index contributed by atoms with van der Waals surface area (Å²) in [5.74, 6) is 2.03. The third-order valence-electron chi connectivity index (χ3n) is 5.96. The van der Waals surface area contributed by atoms with Crippen LogP contribution in [0.1, 0.15) is 35.7 Å². The number of nitro benzene ring substituents is 1. The Morgan fingerprint density at radius 1 is 1.00 bits per heavy atom. The molecule has 3 aromatic carbocycles. The second-order valence-corrected chi connectivity index (χ2v) is 8.03. The molecule has 6 heteroatoms. The Kier molecular flexibility index (Phi) is 5.48. The minimum Gasteiger partial charge on any atom is -0.456 e. The quantitative estimate of drug-likeness (QED) is 0.187. The van der Waals surface area contributed by atoms with E-state index in [9.17, 15) is 10.1 Å². The van der Waals surface area contributed by atoms with Gasteiger partial charge in [-0.15, -0.1) is 0 Å². The van der Waals surface area contributed by atoms with Crippen LogP contribution in [-0.2, 0) is 13.0 Å². The third kappa shape index (κ3) is 4.03. The summed E-state index contributed by atoms with van der Waals surface area (Å²) in [7, 11) is 0. The van der Waals surface area contributed by atoms with Crippen molar-refractivity contribution in [3.63, 3.8) is 0 Å². The van der Waals surface area contributed by atoms with Crippen LogP contribution in [0.5, 0.6) is 0 Å². The van der Waals surface area contributed by atoms with E-state index in [0.29, 0.717) is 6.54 Å². The molecule has 0 N–H and O–H groups in total. The average molecular weight is 439 g/mol. The molecule has 164 valence electrons. The summed E-state index contributed by atoms with van der Waals surface area (Å²) in [4.78, 5) is 10.6. The molecule has 0 aliphatic heterocycles. The highest BCUT2D eigenvalue weighted by Gasteiger charge is 2.29. The fourth-order valence-electron chi connectivity index (χ4n) is 4.39. The molecule has 6 nitrogen and oxygen atoms in total. The molecular formula is C27H24N3O3+. The molecule has 2 heterocycles. The first-order chi connectivity index (χ1) is 16.1. The van der Waals surface area contributed by atoms with Gasteiger partial charge in [0.2, 0.25) is 0 Å². The van der Waals surface area contributed by atoms with Crippen LogP contribution in [0.4, 0.5) is 5.69 Å². The highest BCUT2D eigenvalue weighted by atomic mass is 16.6. The smallest absolute Gasteiger partial charge is 0.269 e. The maximum absolute atomic E-state index is 11.0. The van der Waals surface area contributed by atoms with Crippen LogP contribution in [0.2, 0.25) is 0 Å². The van der Waals surface area contributed by atoms with Gasteiger partial charge < -0.3 is 4.42 Å². The predicted molar refractivity (Wildman–Crippen MR) is 126 cm³/mol. The molecule has 0 radical (unpaired) electrons. The zero-order valence-electron chi connectivity index (χ0n) is 18.3. The number of hydrogen-bond donors (Lipinski definition) is 0. The molecule has 5 aromatic rings. The Hall–Kier alpha value is -4.19. The molecule has 1 atom stereocenters. The van der Waals surface area contributed by atoms with E-state index in [1.54, 1.807) is 12.1 Å². The van der Waals surface area contributed by atoms with Crippen LogP contribution in [0.3, 0.4) is 0 Å². The summed E-state index contributed by atoms with van der Waals surface area (Å²) in [5.41, 5.74) is 3.13. The number of rotatable bonds is 7. The van der Waals surface area contributed by atoms with Crippen molar-refractivity contribution in [1.29, 1.82) is 0 Å². The second kappa shape index (κ2) is 8.74. The van der Waals surface area contributed by atoms with E-state index in [-0.39, 0.29) is 16.7 Å². The molecule has 0 saturated carbocycles. The fourth-order valence-corrected chi connectivity index (χ4v) is 4.39. The topological polar surface area (TPSA) is 65.1 Å². The van der Waals surface area contributed by atoms with Crippen molar-refractivity contribution in [3.8, 4) is 0 Å². The lowest BCUT2D eigenvalue weighted by Crippen LogP contribution is -2.38. The van der Waals surface area contributed by atoms with E-state index in [1.165, 1.54) is 0 Å². The molecule has 0 amide bonds. The first-order valence-corrected chi connectivity index (χ1v) is 11.0. The summed E-state index contributed by atoms with van der Waals surface area (Å²) in [5, 5.41) is 12.1. The summed E-state index contributed by atoms with van der Waals surface area (Å²) >= 11 is 0. The van der Waals surface area contributed by atoms with Crippen molar-refractivity contribution in [3.05, 3.63) is 130 Å². The standard InChI is InChI=1S/C27H24N3O3/c1-2-26-28(19-20-12-14-23(15-13-20)30(31)32)16-17-29(26)27(21-8-4-3-5-9-21)25-18-22-10-6-7-11-24(22)33-25/h3-18,27H,2,19H2,1H3/q+1. The third-order valence-corrected chi connectivity index (χ3v) is 5.96. The van der Waals surface area contributed by atoms with Gasteiger partial charge in [0.25, 0.3) is 11.5 Å². The molecule has 0 spiro atoms. The lowest BCUT2D eigenvalue weighted by atomic mass is 10.0. The molecule has 0 bridgehead atoms. The van der Waals surface area contributed by atoms with Crippen molar-refractivity contribution in [1.82, 2.24) is 4.57 Å². The average Bonchev–Trinajstić information content (AvgIpc) is 3.44. The van der Waals surface area contributed by atoms with E-state index < -0.39 is 0 Å². The van der Waals surface area contributed by atoms with E-state index in [4.69, 9.17) is 4.42 Å². The van der Waals surface area contributed by atoms with Gasteiger partial charge in [0, 0.05) is 29.5 Å². The maximum atomic E-state index is 11.0. The van der Waals surface area contributed by atoms with Crippen LogP contribution in [0.25, 0.3) is 11.0 Å². The second-order valence-electron chi connectivity index (χ2n) is 8.03. The number of imidazole rings is 1. The number of para-hydroxylation sites is 1. The van der Waals surface area contributed by atoms with Crippen LogP contribution in [0.15, 0.2) is 102 Å². The molecule has 0 saturated heterocycles. The summed E-state index contributed by atoms with van der Waals surface area (Å²) in [6.07, 6.45) is 4.98. The molecule has 5 rings (SSSR count). The zero-order valence-corrected chi connectivity index (χ0v) is 18.3. The van der Waals surface area contributed by atoms with Crippen molar-refractivity contribution in [2.24, 2.45) is 0 Å². The normalized spacial score (nSPS) is 12.2. The number of furan rings is 1. The first kappa shape index (κ1) is 20.7. The van der Waals surface area contributed by atoms with Gasteiger partial charge in [-0.25, -0.2) is 9.13 Å². The van der Waals surface area contributed by atoms with Crippen molar-refractivity contribution in [2.75, 3.05) is 0 Å². The Balaban J connectivity index is 1.57. The summed E-state index contributed by atoms with van der Waals surface area (Å²) in [6.45, 7) is 2.77. The number of nitro groups is 1. The fraction of sp³-hybridized carbons (Fsp3) is 0.148. The Morgan fingerprint density at radius 3 is 2.42 bits per heavy atom. The Morgan fingerprint density at radius 2 is 1.73 bits per heavy atom. The van der Waals surface area contributed by atoms with Crippen LogP contribution < -0.4 is 4.57 Å². The molecule has 2 aromatic heterocycles. The largest absolute Gasteiger partial charge is 0.456 e. The number of fused-ring (bicyclic) bond motifs is 1. The van der Waals surface area contributed by atoms with Crippen LogP contribution >= 0.6 is 0 Å². The monoisotopic (exact) mass is 438 g/mol. The van der Waals surface area contributed by atoms with Gasteiger partial charge in [-0.1, -0.05) is 55.5 Å². The number of non-ortho nitro benzene ring substituents is 1. The zero-order chi connectivity index (χ0) is 22.8. The predicted octanol–water partition coefficient (Wildman–Crippen LogP) is 5.68. The van der Waals surface area contributed by atoms with Crippen molar-refractivity contribution in [2.45, 2.75) is 25.9 Å². The lowest BCUT2D eigenvalue weighted by Gasteiger charge is -2.14. The van der Waals surface area contributed by atoms with Crippen molar-refractivity contribution >= 4 is 16.7 Å². The van der Waals surface area contributed by atoms with Crippen molar-refractivity contribution < 1.29 is 13.9 Å². The van der Waals surface area contributed by atoms with E-state index in [2.05, 4.69) is 52.7 Å². The minimum absolute atomic E-state index is 0.103. The highest BCUT2D eigenvalue weighted by molar-refractivity contribution is 5.78. The van der Waals surface area contributed by atoms with Gasteiger partial charge in [-0.05, 0) is 29.8 Å². The van der Waals surface area contributed by atoms with Crippen LogP contribution in [0, 0.1) is 10.1 Å². The van der Waals surface area contributed by atoms with Gasteiger partial charge in [0.1, 0.15) is 24.5 Å². The Labute approximate surface area is 191 Å². The Bertz CT molecular complexity index is 1370. The SMILES string of the molecule is CCc1n(C(c2ccccc2)c2cc3ccccc3o2)cc[n+]1Cc1ccc([N+](=O)[O-])cc1. The number of aromatic nitrogens is 2. The number of benzene rings is 3. The maximum Gasteiger partial charge on any atom is 0.269 e. The lowest BCUT2D eigenvalue weighted by molar-refractivity contribution is -0.695. The molecular weight excluding hydrogens is 414 g/mol. The van der Waals surface area contributed by atoms with Crippen LogP contribution in [-0.4, -0.2) is 9.49 Å². The van der Waals surface area contributed by atoms with Gasteiger partial charge in [0.05, 0.1) is 4.92 Å². The molecule has 33 heavy (non-hydrogen) atoms. The first-order valence-electron chi connectivity index (χ1n) is 11.0. The van der Waals surface area contributed by atoms with Gasteiger partial charge in [-0.2, -0.15) is 0 Å². The highest BCUT2D eigenvalue weighted by Crippen LogP contribution is 2.32. The molecule has 0 aliphatic carbocycles. The summed E-state index contributed by atoms with van der Waals surface area (Å²) < 4.78 is 10.8. The number of hydrogen-bond acceptors (Lipinski definition) is 3.